The van der Waals surface area contributed by atoms with Gasteiger partial charge in [0.25, 0.3) is 0 Å². The summed E-state index contributed by atoms with van der Waals surface area (Å²) in [5.41, 5.74) is 1.62. The number of rotatable bonds is 11. The molecule has 0 fully saturated rings. The van der Waals surface area contributed by atoms with Crippen molar-refractivity contribution in [3.63, 3.8) is 0 Å². The standard InChI is InChI=1S/C16H26N2O3S/c1-2-3-4-5-6-7-8-9-10-15-11-13-16(14-12-15)17-18-22(19,20)21/h11-14H,2-10H2,1H3,(H,19,20,21). The summed E-state index contributed by atoms with van der Waals surface area (Å²) in [6, 6.07) is 7.24. The lowest BCUT2D eigenvalue weighted by atomic mass is 10.0. The van der Waals surface area contributed by atoms with Gasteiger partial charge in [-0.1, -0.05) is 64.0 Å². The highest BCUT2D eigenvalue weighted by Gasteiger charge is 1.99. The van der Waals surface area contributed by atoms with Crippen molar-refractivity contribution in [1.29, 1.82) is 0 Å². The van der Waals surface area contributed by atoms with Gasteiger partial charge < -0.3 is 0 Å². The average molecular weight is 326 g/mol. The van der Waals surface area contributed by atoms with Crippen molar-refractivity contribution in [2.45, 2.75) is 64.7 Å². The van der Waals surface area contributed by atoms with E-state index in [2.05, 4.69) is 16.6 Å². The molecule has 0 amide bonds. The van der Waals surface area contributed by atoms with Gasteiger partial charge in [0, 0.05) is 0 Å². The lowest BCUT2D eigenvalue weighted by Gasteiger charge is -2.03. The van der Waals surface area contributed by atoms with E-state index in [1.165, 1.54) is 56.9 Å². The fourth-order valence-electron chi connectivity index (χ4n) is 2.29. The summed E-state index contributed by atoms with van der Waals surface area (Å²) in [7, 11) is -4.40. The molecule has 0 aliphatic carbocycles. The van der Waals surface area contributed by atoms with E-state index >= 15 is 0 Å². The van der Waals surface area contributed by atoms with E-state index in [1.807, 2.05) is 12.1 Å². The Hall–Kier alpha value is -1.27. The molecular weight excluding hydrogens is 300 g/mol. The first-order valence-corrected chi connectivity index (χ1v) is 9.40. The van der Waals surface area contributed by atoms with Gasteiger partial charge in [0.15, 0.2) is 0 Å². The van der Waals surface area contributed by atoms with Gasteiger partial charge in [-0.2, -0.15) is 8.42 Å². The summed E-state index contributed by atoms with van der Waals surface area (Å²) in [6.07, 6.45) is 11.4. The summed E-state index contributed by atoms with van der Waals surface area (Å²) >= 11 is 0. The molecule has 0 spiro atoms. The van der Waals surface area contributed by atoms with Gasteiger partial charge in [0.05, 0.1) is 5.69 Å². The minimum atomic E-state index is -4.40. The predicted molar refractivity (Wildman–Crippen MR) is 88.8 cm³/mol. The fourth-order valence-corrected chi connectivity index (χ4v) is 2.49. The topological polar surface area (TPSA) is 79.1 Å². The Labute approximate surface area is 133 Å². The largest absolute Gasteiger partial charge is 0.396 e. The highest BCUT2D eigenvalue weighted by Crippen LogP contribution is 2.16. The molecule has 0 saturated heterocycles. The first-order valence-electron chi connectivity index (χ1n) is 8.00. The van der Waals surface area contributed by atoms with E-state index in [0.717, 1.165) is 6.42 Å². The van der Waals surface area contributed by atoms with Crippen LogP contribution in [0.15, 0.2) is 33.9 Å². The van der Waals surface area contributed by atoms with Gasteiger partial charge in [-0.3, -0.25) is 4.55 Å². The fraction of sp³-hybridized carbons (Fsp3) is 0.625. The van der Waals surface area contributed by atoms with E-state index in [1.54, 1.807) is 12.1 Å². The lowest BCUT2D eigenvalue weighted by molar-refractivity contribution is 0.482. The van der Waals surface area contributed by atoms with Gasteiger partial charge in [-0.25, -0.2) is 0 Å². The Balaban J connectivity index is 2.21. The molecule has 22 heavy (non-hydrogen) atoms. The number of hydrogen-bond donors (Lipinski definition) is 1. The molecule has 0 atom stereocenters. The van der Waals surface area contributed by atoms with Crippen molar-refractivity contribution in [3.8, 4) is 0 Å². The zero-order valence-corrected chi connectivity index (χ0v) is 14.1. The van der Waals surface area contributed by atoms with Crippen LogP contribution < -0.4 is 0 Å². The van der Waals surface area contributed by atoms with Crippen molar-refractivity contribution in [1.82, 2.24) is 0 Å². The Bertz CT molecular complexity index is 539. The van der Waals surface area contributed by atoms with Crippen molar-refractivity contribution < 1.29 is 13.0 Å². The summed E-state index contributed by atoms with van der Waals surface area (Å²) in [6.45, 7) is 2.23. The first kappa shape index (κ1) is 18.8. The zero-order chi connectivity index (χ0) is 16.3. The van der Waals surface area contributed by atoms with Crippen molar-refractivity contribution >= 4 is 16.0 Å². The van der Waals surface area contributed by atoms with Gasteiger partial charge in [0.1, 0.15) is 0 Å². The van der Waals surface area contributed by atoms with E-state index in [-0.39, 0.29) is 0 Å². The molecule has 1 N–H and O–H groups in total. The van der Waals surface area contributed by atoms with Gasteiger partial charge in [-0.15, -0.1) is 5.11 Å². The maximum absolute atomic E-state index is 10.5. The average Bonchev–Trinajstić information content (AvgIpc) is 2.48. The number of unbranched alkanes of at least 4 members (excludes halogenated alkanes) is 7. The van der Waals surface area contributed by atoms with Crippen LogP contribution >= 0.6 is 0 Å². The van der Waals surface area contributed by atoms with Crippen molar-refractivity contribution in [3.05, 3.63) is 29.8 Å². The van der Waals surface area contributed by atoms with Gasteiger partial charge >= 0.3 is 10.3 Å². The Morgan fingerprint density at radius 2 is 1.45 bits per heavy atom. The zero-order valence-electron chi connectivity index (χ0n) is 13.2. The molecular formula is C16H26N2O3S. The van der Waals surface area contributed by atoms with E-state index < -0.39 is 10.3 Å². The number of hydrogen-bond acceptors (Lipinski definition) is 3. The SMILES string of the molecule is CCCCCCCCCCc1ccc(N=NS(=O)(=O)O)cc1. The second kappa shape index (κ2) is 10.5. The molecule has 5 nitrogen and oxygen atoms in total. The quantitative estimate of drug-likeness (QED) is 0.342. The molecule has 6 heteroatoms. The minimum Gasteiger partial charge on any atom is -0.267 e. The monoisotopic (exact) mass is 326 g/mol. The first-order chi connectivity index (χ1) is 10.5. The molecule has 0 aliphatic rings. The molecule has 124 valence electrons. The summed E-state index contributed by atoms with van der Waals surface area (Å²) in [5, 5.41) is 3.45. The number of nitrogens with zero attached hydrogens (tertiary/aromatic N) is 2. The Morgan fingerprint density at radius 3 is 2.00 bits per heavy atom. The van der Waals surface area contributed by atoms with Crippen LogP contribution in [-0.2, 0) is 16.7 Å². The van der Waals surface area contributed by atoms with Crippen LogP contribution in [0.3, 0.4) is 0 Å². The molecule has 1 aromatic rings. The van der Waals surface area contributed by atoms with Crippen LogP contribution in [-0.4, -0.2) is 13.0 Å². The van der Waals surface area contributed by atoms with Gasteiger partial charge in [0.2, 0.25) is 0 Å². The van der Waals surface area contributed by atoms with Crippen LogP contribution in [0.25, 0.3) is 0 Å². The third kappa shape index (κ3) is 9.63. The second-order valence-electron chi connectivity index (χ2n) is 5.52. The number of benzene rings is 1. The van der Waals surface area contributed by atoms with Gasteiger partial charge in [-0.05, 0) is 35.1 Å². The summed E-state index contributed by atoms with van der Waals surface area (Å²) in [4.78, 5) is 0. The molecule has 1 rings (SSSR count). The van der Waals surface area contributed by atoms with Crippen LogP contribution in [0.1, 0.15) is 63.9 Å². The lowest BCUT2D eigenvalue weighted by Crippen LogP contribution is -1.88. The molecule has 0 heterocycles. The molecule has 0 saturated carbocycles. The third-order valence-corrected chi connectivity index (χ3v) is 3.80. The van der Waals surface area contributed by atoms with E-state index in [4.69, 9.17) is 4.55 Å². The minimum absolute atomic E-state index is 0.414. The van der Waals surface area contributed by atoms with E-state index in [9.17, 15) is 8.42 Å². The molecule has 0 bridgehead atoms. The molecule has 0 unspecified atom stereocenters. The number of aryl methyl sites for hydroxylation is 1. The normalized spacial score (nSPS) is 12.1. The van der Waals surface area contributed by atoms with Crippen LogP contribution in [0.2, 0.25) is 0 Å². The molecule has 0 aliphatic heterocycles. The molecule has 0 radical (unpaired) electrons. The van der Waals surface area contributed by atoms with E-state index in [0.29, 0.717) is 5.69 Å². The van der Waals surface area contributed by atoms with Crippen LogP contribution in [0.4, 0.5) is 5.69 Å². The highest BCUT2D eigenvalue weighted by atomic mass is 32.2. The maximum Gasteiger partial charge on any atom is 0.396 e. The maximum atomic E-state index is 10.5. The Kier molecular flexibility index (Phi) is 8.92. The van der Waals surface area contributed by atoms with Crippen molar-refractivity contribution in [2.24, 2.45) is 9.63 Å². The summed E-state index contributed by atoms with van der Waals surface area (Å²) in [5.74, 6) is 0. The highest BCUT2D eigenvalue weighted by molar-refractivity contribution is 7.84. The smallest absolute Gasteiger partial charge is 0.267 e. The van der Waals surface area contributed by atoms with Crippen LogP contribution in [0, 0.1) is 0 Å². The molecule has 0 aromatic heterocycles. The van der Waals surface area contributed by atoms with Crippen molar-refractivity contribution in [2.75, 3.05) is 0 Å². The predicted octanol–water partition coefficient (Wildman–Crippen LogP) is 5.26. The Morgan fingerprint density at radius 1 is 0.909 bits per heavy atom. The second-order valence-corrected chi connectivity index (χ2v) is 6.58. The van der Waals surface area contributed by atoms with Crippen LogP contribution in [0.5, 0.6) is 0 Å². The third-order valence-electron chi connectivity index (χ3n) is 3.51. The molecule has 1 aromatic carbocycles. The summed E-state index contributed by atoms with van der Waals surface area (Å²) < 4.78 is 32.2.